The number of imidazole rings is 1. The van der Waals surface area contributed by atoms with Crippen LogP contribution in [0.15, 0.2) is 48.5 Å². The second-order valence-corrected chi connectivity index (χ2v) is 7.49. The Balaban J connectivity index is 1.34. The van der Waals surface area contributed by atoms with Gasteiger partial charge < -0.3 is 10.3 Å². The number of amides is 1. The van der Waals surface area contributed by atoms with Crippen LogP contribution in [-0.4, -0.2) is 40.4 Å². The highest BCUT2D eigenvalue weighted by Crippen LogP contribution is 2.26. The number of fused-ring (bicyclic) bond motifs is 1. The maximum atomic E-state index is 12.4. The number of hydrogen-bond acceptors (Lipinski definition) is 3. The third-order valence-corrected chi connectivity index (χ3v) is 5.47. The number of likely N-dealkylation sites (tertiary alicyclic amines) is 1. The summed E-state index contributed by atoms with van der Waals surface area (Å²) in [5.74, 6) is 1.39. The molecule has 0 spiro atoms. The van der Waals surface area contributed by atoms with Crippen molar-refractivity contribution < 1.29 is 4.79 Å². The standard InChI is InChI=1S/C21H23ClN4O/c22-17-8-2-1-6-15(17)12-23-20(27)14-26-11-5-7-16(13-26)21-24-18-9-3-4-10-19(18)25-21/h1-4,6,8-10,16H,5,7,11-14H2,(H,23,27)(H,24,25)/t16-/m0/s1. The van der Waals surface area contributed by atoms with Crippen LogP contribution >= 0.6 is 11.6 Å². The Labute approximate surface area is 163 Å². The molecule has 1 aliphatic rings. The van der Waals surface area contributed by atoms with Crippen LogP contribution in [-0.2, 0) is 11.3 Å². The number of piperidine rings is 1. The number of hydrogen-bond donors (Lipinski definition) is 2. The van der Waals surface area contributed by atoms with Gasteiger partial charge in [-0.25, -0.2) is 4.98 Å². The van der Waals surface area contributed by atoms with Crippen LogP contribution in [0.2, 0.25) is 5.02 Å². The molecule has 5 nitrogen and oxygen atoms in total. The van der Waals surface area contributed by atoms with Gasteiger partial charge in [0.1, 0.15) is 5.82 Å². The molecule has 1 aromatic heterocycles. The fourth-order valence-corrected chi connectivity index (χ4v) is 3.89. The molecule has 1 fully saturated rings. The fraction of sp³-hybridized carbons (Fsp3) is 0.333. The number of rotatable bonds is 5. The lowest BCUT2D eigenvalue weighted by atomic mass is 9.97. The van der Waals surface area contributed by atoms with Gasteiger partial charge in [0, 0.05) is 24.0 Å². The summed E-state index contributed by atoms with van der Waals surface area (Å²) in [6.45, 7) is 2.65. The van der Waals surface area contributed by atoms with Crippen LogP contribution in [0.4, 0.5) is 0 Å². The van der Waals surface area contributed by atoms with E-state index >= 15 is 0 Å². The van der Waals surface area contributed by atoms with E-state index in [0.717, 1.165) is 48.4 Å². The van der Waals surface area contributed by atoms with Crippen molar-refractivity contribution in [1.82, 2.24) is 20.2 Å². The van der Waals surface area contributed by atoms with Gasteiger partial charge in [-0.1, -0.05) is 41.9 Å². The molecule has 1 amide bonds. The first-order valence-corrected chi connectivity index (χ1v) is 9.74. The van der Waals surface area contributed by atoms with E-state index in [2.05, 4.69) is 21.3 Å². The largest absolute Gasteiger partial charge is 0.351 e. The van der Waals surface area contributed by atoms with Crippen LogP contribution in [0.5, 0.6) is 0 Å². The Bertz CT molecular complexity index is 906. The SMILES string of the molecule is O=C(CN1CCC[C@H](c2nc3ccccc3[nH]2)C1)NCc1ccccc1Cl. The number of H-pyrrole nitrogens is 1. The highest BCUT2D eigenvalue weighted by molar-refractivity contribution is 6.31. The number of aromatic amines is 1. The molecule has 3 aromatic rings. The quantitative estimate of drug-likeness (QED) is 0.707. The molecule has 4 rings (SSSR count). The number of aromatic nitrogens is 2. The van der Waals surface area contributed by atoms with E-state index in [-0.39, 0.29) is 5.91 Å². The highest BCUT2D eigenvalue weighted by Gasteiger charge is 2.25. The third-order valence-electron chi connectivity index (χ3n) is 5.10. The fourth-order valence-electron chi connectivity index (χ4n) is 3.68. The second kappa shape index (κ2) is 8.11. The Morgan fingerprint density at radius 3 is 2.89 bits per heavy atom. The van der Waals surface area contributed by atoms with Gasteiger partial charge in [-0.15, -0.1) is 0 Å². The summed E-state index contributed by atoms with van der Waals surface area (Å²) in [6.07, 6.45) is 2.16. The van der Waals surface area contributed by atoms with E-state index in [1.807, 2.05) is 42.5 Å². The molecule has 140 valence electrons. The van der Waals surface area contributed by atoms with Gasteiger partial charge in [0.2, 0.25) is 5.91 Å². The van der Waals surface area contributed by atoms with Crippen LogP contribution in [0.1, 0.15) is 30.1 Å². The Kier molecular flexibility index (Phi) is 5.41. The van der Waals surface area contributed by atoms with Gasteiger partial charge in [-0.3, -0.25) is 9.69 Å². The lowest BCUT2D eigenvalue weighted by Gasteiger charge is -2.31. The number of carbonyl (C=O) groups excluding carboxylic acids is 1. The molecule has 0 bridgehead atoms. The maximum absolute atomic E-state index is 12.4. The lowest BCUT2D eigenvalue weighted by Crippen LogP contribution is -2.42. The van der Waals surface area contributed by atoms with Crippen molar-refractivity contribution in [3.63, 3.8) is 0 Å². The van der Waals surface area contributed by atoms with Gasteiger partial charge in [0.25, 0.3) is 0 Å². The monoisotopic (exact) mass is 382 g/mol. The van der Waals surface area contributed by atoms with Crippen molar-refractivity contribution in [3.8, 4) is 0 Å². The smallest absolute Gasteiger partial charge is 0.234 e. The molecule has 27 heavy (non-hydrogen) atoms. The Hall–Kier alpha value is -2.37. The first kappa shape index (κ1) is 18.0. The summed E-state index contributed by atoms with van der Waals surface area (Å²) in [6, 6.07) is 15.7. The third kappa shape index (κ3) is 4.31. The van der Waals surface area contributed by atoms with E-state index in [9.17, 15) is 4.79 Å². The van der Waals surface area contributed by atoms with Crippen LogP contribution < -0.4 is 5.32 Å². The summed E-state index contributed by atoms with van der Waals surface area (Å²) in [7, 11) is 0. The summed E-state index contributed by atoms with van der Waals surface area (Å²) in [5.41, 5.74) is 3.01. The molecule has 0 radical (unpaired) electrons. The molecule has 0 saturated carbocycles. The molecule has 1 atom stereocenters. The number of nitrogens with one attached hydrogen (secondary N) is 2. The van der Waals surface area contributed by atoms with E-state index < -0.39 is 0 Å². The summed E-state index contributed by atoms with van der Waals surface area (Å²) < 4.78 is 0. The minimum atomic E-state index is 0.0279. The number of nitrogens with zero attached hydrogens (tertiary/aromatic N) is 2. The molecule has 0 aliphatic carbocycles. The zero-order valence-corrected chi connectivity index (χ0v) is 15.9. The molecule has 0 unspecified atom stereocenters. The minimum Gasteiger partial charge on any atom is -0.351 e. The van der Waals surface area contributed by atoms with Gasteiger partial charge in [-0.2, -0.15) is 0 Å². The summed E-state index contributed by atoms with van der Waals surface area (Å²) >= 11 is 6.15. The van der Waals surface area contributed by atoms with E-state index in [4.69, 9.17) is 16.6 Å². The van der Waals surface area contributed by atoms with E-state index in [1.165, 1.54) is 0 Å². The van der Waals surface area contributed by atoms with E-state index in [1.54, 1.807) is 0 Å². The number of halogens is 1. The van der Waals surface area contributed by atoms with Crippen LogP contribution in [0, 0.1) is 0 Å². The summed E-state index contributed by atoms with van der Waals surface area (Å²) in [4.78, 5) is 22.7. The average molecular weight is 383 g/mol. The van der Waals surface area contributed by atoms with Crippen LogP contribution in [0.3, 0.4) is 0 Å². The highest BCUT2D eigenvalue weighted by atomic mass is 35.5. The zero-order chi connectivity index (χ0) is 18.6. The van der Waals surface area contributed by atoms with Crippen molar-refractivity contribution in [2.45, 2.75) is 25.3 Å². The Morgan fingerprint density at radius 1 is 1.22 bits per heavy atom. The first-order valence-electron chi connectivity index (χ1n) is 9.36. The molecular formula is C21H23ClN4O. The van der Waals surface area contributed by atoms with Crippen molar-refractivity contribution >= 4 is 28.5 Å². The first-order chi connectivity index (χ1) is 13.2. The molecule has 2 N–H and O–H groups in total. The van der Waals surface area contributed by atoms with Crippen LogP contribution in [0.25, 0.3) is 11.0 Å². The number of para-hydroxylation sites is 2. The van der Waals surface area contributed by atoms with Crippen molar-refractivity contribution in [3.05, 3.63) is 64.9 Å². The van der Waals surface area contributed by atoms with Gasteiger partial charge in [-0.05, 0) is 43.1 Å². The average Bonchev–Trinajstić information content (AvgIpc) is 3.12. The van der Waals surface area contributed by atoms with E-state index in [0.29, 0.717) is 24.0 Å². The zero-order valence-electron chi connectivity index (χ0n) is 15.1. The van der Waals surface area contributed by atoms with Gasteiger partial charge in [0.15, 0.2) is 0 Å². The van der Waals surface area contributed by atoms with Crippen molar-refractivity contribution in [2.75, 3.05) is 19.6 Å². The summed E-state index contributed by atoms with van der Waals surface area (Å²) in [5, 5.41) is 3.66. The Morgan fingerprint density at radius 2 is 2.04 bits per heavy atom. The van der Waals surface area contributed by atoms with Gasteiger partial charge >= 0.3 is 0 Å². The molecule has 2 aromatic carbocycles. The molecular weight excluding hydrogens is 360 g/mol. The van der Waals surface area contributed by atoms with Crippen molar-refractivity contribution in [2.24, 2.45) is 0 Å². The molecule has 1 aliphatic heterocycles. The minimum absolute atomic E-state index is 0.0279. The topological polar surface area (TPSA) is 61.0 Å². The van der Waals surface area contributed by atoms with Gasteiger partial charge in [0.05, 0.1) is 17.6 Å². The predicted octanol–water partition coefficient (Wildman–Crippen LogP) is 3.71. The molecule has 1 saturated heterocycles. The number of benzene rings is 2. The van der Waals surface area contributed by atoms with Crippen molar-refractivity contribution in [1.29, 1.82) is 0 Å². The normalized spacial score (nSPS) is 17.9. The lowest BCUT2D eigenvalue weighted by molar-refractivity contribution is -0.122. The number of carbonyl (C=O) groups is 1. The maximum Gasteiger partial charge on any atom is 0.234 e. The molecule has 6 heteroatoms. The predicted molar refractivity (Wildman–Crippen MR) is 108 cm³/mol. The molecule has 2 heterocycles. The second-order valence-electron chi connectivity index (χ2n) is 7.08.